The summed E-state index contributed by atoms with van der Waals surface area (Å²) in [5.74, 6) is 0. The summed E-state index contributed by atoms with van der Waals surface area (Å²) in [7, 11) is 0. The Labute approximate surface area is 133 Å². The van der Waals surface area contributed by atoms with E-state index in [2.05, 4.69) is 37.3 Å². The van der Waals surface area contributed by atoms with Crippen LogP contribution in [0.4, 0.5) is 5.69 Å². The summed E-state index contributed by atoms with van der Waals surface area (Å²) < 4.78 is 1.20. The molecule has 3 aromatic rings. The fourth-order valence-corrected chi connectivity index (χ4v) is 4.81. The number of imidazole rings is 1. The molecular formula is C15H14BrN3OS. The lowest BCUT2D eigenvalue weighted by Crippen LogP contribution is -2.15. The summed E-state index contributed by atoms with van der Waals surface area (Å²) in [5, 5.41) is 3.60. The monoisotopic (exact) mass is 363 g/mol. The lowest BCUT2D eigenvalue weighted by atomic mass is 9.94. The van der Waals surface area contributed by atoms with E-state index in [9.17, 15) is 4.79 Å². The first kappa shape index (κ1) is 13.2. The first-order valence-electron chi connectivity index (χ1n) is 6.96. The summed E-state index contributed by atoms with van der Waals surface area (Å²) in [6.07, 6.45) is 3.52. The Morgan fingerprint density at radius 2 is 2.10 bits per heavy atom. The van der Waals surface area contributed by atoms with Gasteiger partial charge >= 0.3 is 5.69 Å². The van der Waals surface area contributed by atoms with Gasteiger partial charge in [0.25, 0.3) is 0 Å². The zero-order valence-corrected chi connectivity index (χ0v) is 13.6. The first-order chi connectivity index (χ1) is 10.2. The third kappa shape index (κ3) is 2.42. The van der Waals surface area contributed by atoms with Crippen molar-refractivity contribution < 1.29 is 0 Å². The van der Waals surface area contributed by atoms with Crippen molar-refractivity contribution in [3.63, 3.8) is 0 Å². The minimum atomic E-state index is -0.163. The summed E-state index contributed by atoms with van der Waals surface area (Å²) in [5.41, 5.74) is 3.96. The number of benzene rings is 1. The number of aryl methyl sites for hydroxylation is 1. The van der Waals surface area contributed by atoms with Crippen molar-refractivity contribution in [2.75, 3.05) is 5.32 Å². The van der Waals surface area contributed by atoms with Crippen LogP contribution >= 0.6 is 27.3 Å². The van der Waals surface area contributed by atoms with Crippen LogP contribution in [0.2, 0.25) is 0 Å². The van der Waals surface area contributed by atoms with Gasteiger partial charge in [0.1, 0.15) is 0 Å². The average molecular weight is 364 g/mol. The van der Waals surface area contributed by atoms with Crippen LogP contribution in [0.3, 0.4) is 0 Å². The number of aromatic amines is 2. The molecule has 4 rings (SSSR count). The summed E-state index contributed by atoms with van der Waals surface area (Å²) in [4.78, 5) is 18.4. The van der Waals surface area contributed by atoms with Gasteiger partial charge in [0.2, 0.25) is 0 Å². The second-order valence-corrected chi connectivity index (χ2v) is 7.87. The Morgan fingerprint density at radius 1 is 1.24 bits per heavy atom. The van der Waals surface area contributed by atoms with E-state index < -0.39 is 0 Å². The molecule has 4 nitrogen and oxygen atoms in total. The van der Waals surface area contributed by atoms with Crippen LogP contribution in [0.25, 0.3) is 11.0 Å². The van der Waals surface area contributed by atoms with Gasteiger partial charge in [0, 0.05) is 10.6 Å². The van der Waals surface area contributed by atoms with E-state index in [1.807, 2.05) is 29.5 Å². The van der Waals surface area contributed by atoms with Crippen LogP contribution < -0.4 is 11.0 Å². The molecule has 0 bridgehead atoms. The second kappa shape index (κ2) is 5.03. The molecule has 1 aromatic carbocycles. The van der Waals surface area contributed by atoms with Crippen molar-refractivity contribution in [1.29, 1.82) is 0 Å². The number of hydrogen-bond donors (Lipinski definition) is 3. The van der Waals surface area contributed by atoms with Gasteiger partial charge in [-0.25, -0.2) is 4.79 Å². The molecular weight excluding hydrogens is 350 g/mol. The molecule has 0 saturated heterocycles. The Morgan fingerprint density at radius 3 is 3.00 bits per heavy atom. The van der Waals surface area contributed by atoms with Gasteiger partial charge in [-0.1, -0.05) is 0 Å². The molecule has 0 radical (unpaired) electrons. The molecule has 3 N–H and O–H groups in total. The molecule has 1 aliphatic carbocycles. The molecule has 0 fully saturated rings. The average Bonchev–Trinajstić information content (AvgIpc) is 2.99. The number of halogens is 1. The standard InChI is InChI=1S/C15H14BrN3OS/c16-14-7-9-10(2-1-3-13(9)21-14)17-8-4-5-11-12(6-8)19-15(20)18-11/h4-7,10,17H,1-3H2,(H2,18,19,20). The highest BCUT2D eigenvalue weighted by Crippen LogP contribution is 2.39. The lowest BCUT2D eigenvalue weighted by molar-refractivity contribution is 0.609. The molecule has 0 amide bonds. The quantitative estimate of drug-likeness (QED) is 0.639. The van der Waals surface area contributed by atoms with Crippen molar-refractivity contribution in [2.24, 2.45) is 0 Å². The molecule has 0 aliphatic heterocycles. The van der Waals surface area contributed by atoms with Crippen LogP contribution in [0.5, 0.6) is 0 Å². The maximum atomic E-state index is 11.3. The van der Waals surface area contributed by atoms with Gasteiger partial charge in [0.05, 0.1) is 20.9 Å². The minimum Gasteiger partial charge on any atom is -0.378 e. The van der Waals surface area contributed by atoms with Crippen LogP contribution in [-0.4, -0.2) is 9.97 Å². The van der Waals surface area contributed by atoms with Crippen molar-refractivity contribution in [2.45, 2.75) is 25.3 Å². The van der Waals surface area contributed by atoms with Crippen LogP contribution in [0.15, 0.2) is 32.8 Å². The third-order valence-electron chi connectivity index (χ3n) is 3.94. The highest BCUT2D eigenvalue weighted by atomic mass is 79.9. The van der Waals surface area contributed by atoms with Crippen LogP contribution in [-0.2, 0) is 6.42 Å². The number of thiophene rings is 1. The maximum absolute atomic E-state index is 11.3. The number of fused-ring (bicyclic) bond motifs is 2. The van der Waals surface area contributed by atoms with E-state index in [0.29, 0.717) is 6.04 Å². The van der Waals surface area contributed by atoms with Gasteiger partial charge in [-0.15, -0.1) is 11.3 Å². The van der Waals surface area contributed by atoms with Crippen molar-refractivity contribution in [3.05, 3.63) is 49.0 Å². The smallest absolute Gasteiger partial charge is 0.323 e. The Hall–Kier alpha value is -1.53. The van der Waals surface area contributed by atoms with Crippen molar-refractivity contribution in [3.8, 4) is 0 Å². The second-order valence-electron chi connectivity index (χ2n) is 5.36. The highest BCUT2D eigenvalue weighted by molar-refractivity contribution is 9.11. The van der Waals surface area contributed by atoms with Gasteiger partial charge < -0.3 is 15.3 Å². The Balaban J connectivity index is 1.67. The van der Waals surface area contributed by atoms with Gasteiger partial charge in [-0.2, -0.15) is 0 Å². The number of rotatable bonds is 2. The lowest BCUT2D eigenvalue weighted by Gasteiger charge is -2.24. The molecule has 1 aliphatic rings. The van der Waals surface area contributed by atoms with Gasteiger partial charge in [-0.3, -0.25) is 0 Å². The number of nitrogens with one attached hydrogen (secondary N) is 3. The van der Waals surface area contributed by atoms with Gasteiger partial charge in [-0.05, 0) is 65.0 Å². The van der Waals surface area contributed by atoms with Crippen LogP contribution in [0, 0.1) is 0 Å². The number of hydrogen-bond acceptors (Lipinski definition) is 3. The van der Waals surface area contributed by atoms with E-state index >= 15 is 0 Å². The summed E-state index contributed by atoms with van der Waals surface area (Å²) in [6.45, 7) is 0. The summed E-state index contributed by atoms with van der Waals surface area (Å²) in [6, 6.07) is 8.51. The molecule has 0 saturated carbocycles. The SMILES string of the molecule is O=c1[nH]c2ccc(NC3CCCc4sc(Br)cc43)cc2[nH]1. The molecule has 6 heteroatoms. The maximum Gasteiger partial charge on any atom is 0.323 e. The Kier molecular flexibility index (Phi) is 3.15. The zero-order valence-electron chi connectivity index (χ0n) is 11.2. The molecule has 1 unspecified atom stereocenters. The van der Waals surface area contributed by atoms with Crippen molar-refractivity contribution in [1.82, 2.24) is 9.97 Å². The zero-order chi connectivity index (χ0) is 14.4. The van der Waals surface area contributed by atoms with E-state index in [-0.39, 0.29) is 5.69 Å². The molecule has 108 valence electrons. The predicted molar refractivity (Wildman–Crippen MR) is 90.2 cm³/mol. The largest absolute Gasteiger partial charge is 0.378 e. The highest BCUT2D eigenvalue weighted by Gasteiger charge is 2.22. The minimum absolute atomic E-state index is 0.163. The van der Waals surface area contributed by atoms with Crippen molar-refractivity contribution >= 4 is 44.0 Å². The molecule has 21 heavy (non-hydrogen) atoms. The predicted octanol–water partition coefficient (Wildman–Crippen LogP) is 4.17. The van der Waals surface area contributed by atoms with E-state index in [1.165, 1.54) is 27.1 Å². The Bertz CT molecular complexity index is 863. The number of H-pyrrole nitrogens is 2. The van der Waals surface area contributed by atoms with E-state index in [0.717, 1.165) is 23.1 Å². The first-order valence-corrected chi connectivity index (χ1v) is 8.57. The molecule has 1 atom stereocenters. The fraction of sp³-hybridized carbons (Fsp3) is 0.267. The van der Waals surface area contributed by atoms with E-state index in [4.69, 9.17) is 0 Å². The molecule has 2 aromatic heterocycles. The van der Waals surface area contributed by atoms with Gasteiger partial charge in [0.15, 0.2) is 0 Å². The third-order valence-corrected chi connectivity index (χ3v) is 5.65. The fourth-order valence-electron chi connectivity index (χ4n) is 2.99. The van der Waals surface area contributed by atoms with Crippen LogP contribution in [0.1, 0.15) is 29.3 Å². The topological polar surface area (TPSA) is 60.7 Å². The molecule has 0 spiro atoms. The summed E-state index contributed by atoms with van der Waals surface area (Å²) >= 11 is 5.42. The number of aromatic nitrogens is 2. The molecule has 2 heterocycles. The number of anilines is 1. The van der Waals surface area contributed by atoms with E-state index in [1.54, 1.807) is 0 Å². The normalized spacial score (nSPS) is 17.9.